The van der Waals surface area contributed by atoms with Gasteiger partial charge in [0.25, 0.3) is 0 Å². The lowest BCUT2D eigenvalue weighted by Gasteiger charge is -2.14. The first-order valence-electron chi connectivity index (χ1n) is 6.77. The van der Waals surface area contributed by atoms with E-state index in [9.17, 15) is 5.11 Å². The Kier molecular flexibility index (Phi) is 4.45. The topological polar surface area (TPSA) is 50.9 Å². The number of aromatic nitrogens is 3. The van der Waals surface area contributed by atoms with E-state index in [-0.39, 0.29) is 0 Å². The van der Waals surface area contributed by atoms with E-state index in [2.05, 4.69) is 10.1 Å². The van der Waals surface area contributed by atoms with Gasteiger partial charge in [-0.05, 0) is 38.8 Å². The highest BCUT2D eigenvalue weighted by atomic mass is 35.5. The first kappa shape index (κ1) is 15.0. The third-order valence-electron chi connectivity index (χ3n) is 3.41. The molecule has 0 radical (unpaired) electrons. The van der Waals surface area contributed by atoms with Gasteiger partial charge in [-0.3, -0.25) is 9.67 Å². The number of aryl methyl sites for hydroxylation is 4. The summed E-state index contributed by atoms with van der Waals surface area (Å²) in [6.45, 7) is 8.56. The van der Waals surface area contributed by atoms with Crippen LogP contribution in [0.2, 0.25) is 5.02 Å². The summed E-state index contributed by atoms with van der Waals surface area (Å²) < 4.78 is 1.84. The summed E-state index contributed by atoms with van der Waals surface area (Å²) in [7, 11) is 0. The molecule has 1 unspecified atom stereocenters. The Bertz CT molecular complexity index is 622. The molecule has 20 heavy (non-hydrogen) atoms. The highest BCUT2D eigenvalue weighted by Gasteiger charge is 2.19. The molecule has 1 N–H and O–H groups in total. The summed E-state index contributed by atoms with van der Waals surface area (Å²) in [4.78, 5) is 4.34. The average molecular weight is 294 g/mol. The van der Waals surface area contributed by atoms with Crippen LogP contribution in [0.4, 0.5) is 0 Å². The number of rotatable bonds is 4. The molecule has 0 aliphatic carbocycles. The van der Waals surface area contributed by atoms with E-state index in [1.165, 1.54) is 0 Å². The van der Waals surface area contributed by atoms with Crippen molar-refractivity contribution in [1.82, 2.24) is 14.8 Å². The number of halogens is 1. The smallest absolute Gasteiger partial charge is 0.102 e. The zero-order valence-corrected chi connectivity index (χ0v) is 13.1. The molecule has 2 heterocycles. The molecule has 0 aromatic carbocycles. The zero-order valence-electron chi connectivity index (χ0n) is 12.3. The SMILES string of the molecule is CCn1nc(C)c(Cl)c1CC(O)c1ncc(C)cc1C. The van der Waals surface area contributed by atoms with Crippen LogP contribution in [0.15, 0.2) is 12.3 Å². The Morgan fingerprint density at radius 3 is 2.65 bits per heavy atom. The van der Waals surface area contributed by atoms with Crippen molar-refractivity contribution in [3.05, 3.63) is 45.5 Å². The molecule has 0 bridgehead atoms. The Labute approximate surface area is 124 Å². The van der Waals surface area contributed by atoms with Gasteiger partial charge in [0, 0.05) is 19.2 Å². The van der Waals surface area contributed by atoms with E-state index >= 15 is 0 Å². The molecule has 0 spiro atoms. The van der Waals surface area contributed by atoms with Gasteiger partial charge in [0.2, 0.25) is 0 Å². The number of hydrogen-bond donors (Lipinski definition) is 1. The second-order valence-corrected chi connectivity index (χ2v) is 5.47. The molecule has 0 saturated carbocycles. The Morgan fingerprint density at radius 1 is 1.35 bits per heavy atom. The summed E-state index contributed by atoms with van der Waals surface area (Å²) in [5.74, 6) is 0. The van der Waals surface area contributed by atoms with E-state index in [0.717, 1.165) is 29.1 Å². The Hall–Kier alpha value is -1.39. The summed E-state index contributed by atoms with van der Waals surface area (Å²) in [6.07, 6.45) is 1.52. The minimum absolute atomic E-state index is 0.421. The molecule has 0 saturated heterocycles. The molecule has 0 fully saturated rings. The van der Waals surface area contributed by atoms with Crippen LogP contribution in [0.3, 0.4) is 0 Å². The Morgan fingerprint density at radius 2 is 2.05 bits per heavy atom. The molecule has 5 heteroatoms. The van der Waals surface area contributed by atoms with E-state index in [0.29, 0.717) is 17.1 Å². The molecule has 0 aliphatic rings. The minimum Gasteiger partial charge on any atom is -0.386 e. The van der Waals surface area contributed by atoms with Gasteiger partial charge in [-0.1, -0.05) is 17.7 Å². The zero-order chi connectivity index (χ0) is 14.9. The van der Waals surface area contributed by atoms with Gasteiger partial charge in [0.15, 0.2) is 0 Å². The number of aliphatic hydroxyl groups is 1. The summed E-state index contributed by atoms with van der Waals surface area (Å²) >= 11 is 6.27. The molecule has 0 amide bonds. The van der Waals surface area contributed by atoms with Crippen molar-refractivity contribution < 1.29 is 5.11 Å². The van der Waals surface area contributed by atoms with Crippen LogP contribution in [0.5, 0.6) is 0 Å². The van der Waals surface area contributed by atoms with Crippen LogP contribution >= 0.6 is 11.6 Å². The molecule has 1 atom stereocenters. The highest BCUT2D eigenvalue weighted by molar-refractivity contribution is 6.31. The van der Waals surface area contributed by atoms with Crippen LogP contribution in [0.25, 0.3) is 0 Å². The van der Waals surface area contributed by atoms with Gasteiger partial charge in [0.05, 0.1) is 22.1 Å². The maximum absolute atomic E-state index is 10.4. The molecular formula is C15H20ClN3O. The van der Waals surface area contributed by atoms with Crippen molar-refractivity contribution in [2.45, 2.75) is 46.8 Å². The lowest BCUT2D eigenvalue weighted by Crippen LogP contribution is -2.11. The number of nitrogens with zero attached hydrogens (tertiary/aromatic N) is 3. The fourth-order valence-corrected chi connectivity index (χ4v) is 2.63. The van der Waals surface area contributed by atoms with E-state index in [1.807, 2.05) is 38.4 Å². The first-order chi connectivity index (χ1) is 9.43. The van der Waals surface area contributed by atoms with Crippen LogP contribution in [0.1, 0.15) is 41.2 Å². The van der Waals surface area contributed by atoms with Gasteiger partial charge in [-0.25, -0.2) is 0 Å². The molecule has 0 aliphatic heterocycles. The summed E-state index contributed by atoms with van der Waals surface area (Å²) in [5, 5.41) is 15.4. The summed E-state index contributed by atoms with van der Waals surface area (Å²) in [5.41, 5.74) is 4.44. The quantitative estimate of drug-likeness (QED) is 0.942. The van der Waals surface area contributed by atoms with Crippen LogP contribution in [-0.4, -0.2) is 19.9 Å². The molecule has 108 valence electrons. The van der Waals surface area contributed by atoms with E-state index in [1.54, 1.807) is 6.20 Å². The second-order valence-electron chi connectivity index (χ2n) is 5.10. The minimum atomic E-state index is -0.672. The van der Waals surface area contributed by atoms with Crippen molar-refractivity contribution in [1.29, 1.82) is 0 Å². The van der Waals surface area contributed by atoms with Crippen LogP contribution < -0.4 is 0 Å². The second kappa shape index (κ2) is 5.94. The average Bonchev–Trinajstić information content (AvgIpc) is 2.66. The van der Waals surface area contributed by atoms with Crippen molar-refractivity contribution in [2.24, 2.45) is 0 Å². The number of hydrogen-bond acceptors (Lipinski definition) is 3. The number of aliphatic hydroxyl groups excluding tert-OH is 1. The first-order valence-corrected chi connectivity index (χ1v) is 7.14. The van der Waals surface area contributed by atoms with Crippen molar-refractivity contribution >= 4 is 11.6 Å². The predicted octanol–water partition coefficient (Wildman–Crippen LogP) is 3.15. The standard InChI is InChI=1S/C15H20ClN3O/c1-5-19-12(14(16)11(4)18-19)7-13(20)15-10(3)6-9(2)8-17-15/h6,8,13,20H,5,7H2,1-4H3. The largest absolute Gasteiger partial charge is 0.386 e. The van der Waals surface area contributed by atoms with Crippen molar-refractivity contribution in [2.75, 3.05) is 0 Å². The highest BCUT2D eigenvalue weighted by Crippen LogP contribution is 2.26. The molecule has 4 nitrogen and oxygen atoms in total. The molecule has 2 aromatic rings. The van der Waals surface area contributed by atoms with Crippen LogP contribution in [-0.2, 0) is 13.0 Å². The fraction of sp³-hybridized carbons (Fsp3) is 0.467. The van der Waals surface area contributed by atoms with Gasteiger partial charge in [-0.15, -0.1) is 0 Å². The number of pyridine rings is 1. The van der Waals surface area contributed by atoms with Gasteiger partial charge in [-0.2, -0.15) is 5.10 Å². The molecular weight excluding hydrogens is 274 g/mol. The van der Waals surface area contributed by atoms with E-state index < -0.39 is 6.10 Å². The lowest BCUT2D eigenvalue weighted by molar-refractivity contribution is 0.170. The van der Waals surface area contributed by atoms with Gasteiger partial charge in [0.1, 0.15) is 6.10 Å². The molecule has 2 rings (SSSR count). The maximum atomic E-state index is 10.4. The molecule has 2 aromatic heterocycles. The third-order valence-corrected chi connectivity index (χ3v) is 3.90. The maximum Gasteiger partial charge on any atom is 0.102 e. The van der Waals surface area contributed by atoms with E-state index in [4.69, 9.17) is 11.6 Å². The van der Waals surface area contributed by atoms with Crippen molar-refractivity contribution in [3.8, 4) is 0 Å². The predicted molar refractivity (Wildman–Crippen MR) is 80.0 cm³/mol. The van der Waals surface area contributed by atoms with Gasteiger partial charge >= 0.3 is 0 Å². The third kappa shape index (κ3) is 2.86. The fourth-order valence-electron chi connectivity index (χ4n) is 2.42. The van der Waals surface area contributed by atoms with Gasteiger partial charge < -0.3 is 5.11 Å². The normalized spacial score (nSPS) is 12.7. The van der Waals surface area contributed by atoms with Crippen molar-refractivity contribution in [3.63, 3.8) is 0 Å². The Balaban J connectivity index is 2.30. The monoisotopic (exact) mass is 293 g/mol. The lowest BCUT2D eigenvalue weighted by atomic mass is 10.0. The van der Waals surface area contributed by atoms with Crippen LogP contribution in [0, 0.1) is 20.8 Å². The summed E-state index contributed by atoms with van der Waals surface area (Å²) in [6, 6.07) is 2.02.